The number of benzene rings is 2. The molecule has 2 atom stereocenters. The molecule has 8 nitrogen and oxygen atoms in total. The fourth-order valence-corrected chi connectivity index (χ4v) is 4.58. The number of halogens is 3. The molecular formula is C28H34F3N5O3. The van der Waals surface area contributed by atoms with Crippen molar-refractivity contribution in [3.05, 3.63) is 77.8 Å². The summed E-state index contributed by atoms with van der Waals surface area (Å²) < 4.78 is 45.5. The lowest BCUT2D eigenvalue weighted by molar-refractivity contribution is -0.308. The third-order valence-electron chi connectivity index (χ3n) is 6.37. The van der Waals surface area contributed by atoms with Gasteiger partial charge in [-0.3, -0.25) is 9.74 Å². The number of nitrogens with two attached hydrogens (primary N) is 1. The molecule has 2 heterocycles. The van der Waals surface area contributed by atoms with Crippen LogP contribution in [0.2, 0.25) is 0 Å². The SMILES string of the molecule is CC(C)(C)[C@H](c1nc(-c2cc(F)ccc2F)cn1Cc1ccccc1)N(C[C@@H](F)CN)C(=O)ON1CCCO1. The Kier molecular flexibility index (Phi) is 8.94. The molecule has 0 bridgehead atoms. The van der Waals surface area contributed by atoms with Crippen LogP contribution in [-0.2, 0) is 16.2 Å². The summed E-state index contributed by atoms with van der Waals surface area (Å²) >= 11 is 0. The van der Waals surface area contributed by atoms with Crippen molar-refractivity contribution in [1.82, 2.24) is 19.7 Å². The highest BCUT2D eigenvalue weighted by atomic mass is 19.1. The number of hydrogen-bond donors (Lipinski definition) is 1. The average Bonchev–Trinajstić information content (AvgIpc) is 3.55. The van der Waals surface area contributed by atoms with Crippen LogP contribution in [-0.4, -0.2) is 58.2 Å². The van der Waals surface area contributed by atoms with E-state index in [0.29, 0.717) is 31.9 Å². The summed E-state index contributed by atoms with van der Waals surface area (Å²) in [5.74, 6) is -0.903. The van der Waals surface area contributed by atoms with Crippen molar-refractivity contribution >= 4 is 6.09 Å². The van der Waals surface area contributed by atoms with Crippen LogP contribution in [0, 0.1) is 17.0 Å². The Hall–Kier alpha value is -3.41. The van der Waals surface area contributed by atoms with Crippen molar-refractivity contribution < 1.29 is 27.6 Å². The second-order valence-corrected chi connectivity index (χ2v) is 10.6. The predicted octanol–water partition coefficient (Wildman–Crippen LogP) is 5.25. The molecule has 210 valence electrons. The van der Waals surface area contributed by atoms with Gasteiger partial charge in [-0.05, 0) is 40.8 Å². The van der Waals surface area contributed by atoms with Crippen LogP contribution < -0.4 is 5.73 Å². The highest BCUT2D eigenvalue weighted by Gasteiger charge is 2.41. The van der Waals surface area contributed by atoms with Gasteiger partial charge in [-0.15, -0.1) is 0 Å². The molecule has 11 heteroatoms. The molecule has 0 saturated carbocycles. The molecule has 1 amide bonds. The average molecular weight is 546 g/mol. The van der Waals surface area contributed by atoms with E-state index in [0.717, 1.165) is 29.0 Å². The smallest absolute Gasteiger partial charge is 0.328 e. The second kappa shape index (κ2) is 12.2. The van der Waals surface area contributed by atoms with Crippen molar-refractivity contribution in [3.8, 4) is 11.3 Å². The molecule has 0 aliphatic carbocycles. The largest absolute Gasteiger partial charge is 0.431 e. The Labute approximate surface area is 226 Å². The lowest BCUT2D eigenvalue weighted by Gasteiger charge is -2.39. The third kappa shape index (κ3) is 6.97. The van der Waals surface area contributed by atoms with E-state index in [1.807, 2.05) is 51.1 Å². The zero-order valence-electron chi connectivity index (χ0n) is 22.3. The van der Waals surface area contributed by atoms with Gasteiger partial charge in [0.2, 0.25) is 0 Å². The highest BCUT2D eigenvalue weighted by Crippen LogP contribution is 2.40. The standard InChI is InChI=1S/C28H34F3N5O3/c1-28(2,3)25(35(17-21(30)15-32)27(37)39-36-12-7-13-38-36)26-33-24(22-14-20(29)10-11-23(22)31)18-34(26)16-19-8-5-4-6-9-19/h4-6,8-11,14,18,21,25H,7,12-13,15-17,32H2,1-3H3/t21-,25-/m0/s1. The van der Waals surface area contributed by atoms with Crippen molar-refractivity contribution in [3.63, 3.8) is 0 Å². The number of carbonyl (C=O) groups is 1. The molecule has 2 aromatic carbocycles. The normalized spacial score (nSPS) is 15.8. The van der Waals surface area contributed by atoms with Gasteiger partial charge in [0.05, 0.1) is 31.4 Å². The van der Waals surface area contributed by atoms with E-state index in [1.165, 1.54) is 4.90 Å². The van der Waals surface area contributed by atoms with Crippen molar-refractivity contribution in [2.24, 2.45) is 11.1 Å². The molecule has 0 unspecified atom stereocenters. The predicted molar refractivity (Wildman–Crippen MR) is 140 cm³/mol. The van der Waals surface area contributed by atoms with Crippen LogP contribution in [0.5, 0.6) is 0 Å². The number of imidazole rings is 1. The van der Waals surface area contributed by atoms with Crippen LogP contribution in [0.3, 0.4) is 0 Å². The van der Waals surface area contributed by atoms with E-state index in [-0.39, 0.29) is 24.3 Å². The summed E-state index contributed by atoms with van der Waals surface area (Å²) in [6.45, 7) is 6.06. The van der Waals surface area contributed by atoms with E-state index < -0.39 is 35.4 Å². The van der Waals surface area contributed by atoms with Crippen LogP contribution in [0.4, 0.5) is 18.0 Å². The van der Waals surface area contributed by atoms with Gasteiger partial charge < -0.3 is 15.1 Å². The summed E-state index contributed by atoms with van der Waals surface area (Å²) in [7, 11) is 0. The van der Waals surface area contributed by atoms with Gasteiger partial charge in [0.25, 0.3) is 0 Å². The van der Waals surface area contributed by atoms with Crippen LogP contribution >= 0.6 is 0 Å². The molecule has 3 aromatic rings. The zero-order chi connectivity index (χ0) is 28.2. The van der Waals surface area contributed by atoms with Crippen LogP contribution in [0.25, 0.3) is 11.3 Å². The molecule has 0 spiro atoms. The molecule has 0 radical (unpaired) electrons. The number of nitrogens with zero attached hydrogens (tertiary/aromatic N) is 4. The number of hydrogen-bond acceptors (Lipinski definition) is 6. The second-order valence-electron chi connectivity index (χ2n) is 10.6. The first kappa shape index (κ1) is 28.6. The van der Waals surface area contributed by atoms with Gasteiger partial charge in [0.15, 0.2) is 0 Å². The maximum Gasteiger partial charge on any atom is 0.431 e. The Morgan fingerprint density at radius 1 is 1.21 bits per heavy atom. The van der Waals surface area contributed by atoms with Gasteiger partial charge in [-0.25, -0.2) is 22.9 Å². The first-order valence-electron chi connectivity index (χ1n) is 12.9. The van der Waals surface area contributed by atoms with E-state index >= 15 is 0 Å². The molecule has 4 rings (SSSR count). The third-order valence-corrected chi connectivity index (χ3v) is 6.37. The van der Waals surface area contributed by atoms with Gasteiger partial charge in [0.1, 0.15) is 23.6 Å². The lowest BCUT2D eigenvalue weighted by atomic mass is 9.84. The molecule has 1 saturated heterocycles. The van der Waals surface area contributed by atoms with Crippen LogP contribution in [0.15, 0.2) is 54.7 Å². The fraction of sp³-hybridized carbons (Fsp3) is 0.429. The monoisotopic (exact) mass is 545 g/mol. The number of rotatable bonds is 9. The first-order chi connectivity index (χ1) is 18.6. The quantitative estimate of drug-likeness (QED) is 0.395. The number of hydroxylamine groups is 2. The lowest BCUT2D eigenvalue weighted by Crippen LogP contribution is -2.48. The number of alkyl halides is 1. The molecule has 1 aliphatic heterocycles. The summed E-state index contributed by atoms with van der Waals surface area (Å²) in [5, 5.41) is 1.08. The summed E-state index contributed by atoms with van der Waals surface area (Å²) in [4.78, 5) is 30.2. The minimum atomic E-state index is -1.54. The number of carbonyl (C=O) groups excluding carboxylic acids is 1. The van der Waals surface area contributed by atoms with E-state index in [2.05, 4.69) is 0 Å². The minimum absolute atomic E-state index is 0.0272. The van der Waals surface area contributed by atoms with Crippen molar-refractivity contribution in [2.75, 3.05) is 26.2 Å². The Balaban J connectivity index is 1.84. The number of amides is 1. The van der Waals surface area contributed by atoms with Gasteiger partial charge in [0, 0.05) is 24.8 Å². The van der Waals surface area contributed by atoms with Gasteiger partial charge in [-0.2, -0.15) is 0 Å². The Bertz CT molecular complexity index is 1260. The topological polar surface area (TPSA) is 85.9 Å². The molecule has 2 N–H and O–H groups in total. The molecule has 1 aliphatic rings. The van der Waals surface area contributed by atoms with Gasteiger partial charge in [-0.1, -0.05) is 51.1 Å². The molecule has 1 aromatic heterocycles. The molecular weight excluding hydrogens is 511 g/mol. The van der Waals surface area contributed by atoms with Crippen LogP contribution in [0.1, 0.15) is 44.6 Å². The molecule has 39 heavy (non-hydrogen) atoms. The summed E-state index contributed by atoms with van der Waals surface area (Å²) in [6.07, 6.45) is -0.0866. The summed E-state index contributed by atoms with van der Waals surface area (Å²) in [5.41, 5.74) is 5.96. The van der Waals surface area contributed by atoms with E-state index in [1.54, 1.807) is 10.8 Å². The Morgan fingerprint density at radius 3 is 2.59 bits per heavy atom. The maximum atomic E-state index is 14.8. The van der Waals surface area contributed by atoms with Gasteiger partial charge >= 0.3 is 6.09 Å². The minimum Gasteiger partial charge on any atom is -0.328 e. The highest BCUT2D eigenvalue weighted by molar-refractivity contribution is 5.68. The zero-order valence-corrected chi connectivity index (χ0v) is 22.3. The maximum absolute atomic E-state index is 14.8. The summed E-state index contributed by atoms with van der Waals surface area (Å²) in [6, 6.07) is 11.8. The first-order valence-corrected chi connectivity index (χ1v) is 12.9. The fourth-order valence-electron chi connectivity index (χ4n) is 4.58. The Morgan fingerprint density at radius 2 is 1.95 bits per heavy atom. The number of aromatic nitrogens is 2. The molecule has 1 fully saturated rings. The van der Waals surface area contributed by atoms with E-state index in [4.69, 9.17) is 20.4 Å². The van der Waals surface area contributed by atoms with Crippen molar-refractivity contribution in [1.29, 1.82) is 0 Å². The van der Waals surface area contributed by atoms with E-state index in [9.17, 15) is 18.0 Å². The van der Waals surface area contributed by atoms with Crippen molar-refractivity contribution in [2.45, 2.75) is 46.0 Å².